The molecule has 1 saturated carbocycles. The predicted molar refractivity (Wildman–Crippen MR) is 58.1 cm³/mol. The number of halogens is 3. The second kappa shape index (κ2) is 5.51. The molecule has 1 aliphatic carbocycles. The van der Waals surface area contributed by atoms with Crippen molar-refractivity contribution in [2.45, 2.75) is 38.0 Å². The summed E-state index contributed by atoms with van der Waals surface area (Å²) in [6.45, 7) is 0.193. The summed E-state index contributed by atoms with van der Waals surface area (Å²) in [7, 11) is 0. The van der Waals surface area contributed by atoms with E-state index in [1.54, 1.807) is 6.07 Å². The lowest BCUT2D eigenvalue weighted by Gasteiger charge is -2.07. The Bertz CT molecular complexity index is 376. The minimum Gasteiger partial charge on any atom is -0.476 e. The first-order chi connectivity index (χ1) is 8.53. The molecular formula is C11H14F3N3O. The van der Waals surface area contributed by atoms with Crippen molar-refractivity contribution in [3.63, 3.8) is 0 Å². The zero-order chi connectivity index (χ0) is 13.0. The van der Waals surface area contributed by atoms with E-state index >= 15 is 0 Å². The smallest absolute Gasteiger partial charge is 0.392 e. The highest BCUT2D eigenvalue weighted by atomic mass is 19.4. The van der Waals surface area contributed by atoms with Gasteiger partial charge >= 0.3 is 6.18 Å². The van der Waals surface area contributed by atoms with Crippen molar-refractivity contribution < 1.29 is 17.9 Å². The van der Waals surface area contributed by atoms with Crippen LogP contribution in [0.4, 0.5) is 13.2 Å². The molecule has 0 saturated heterocycles. The van der Waals surface area contributed by atoms with Crippen LogP contribution in [0.2, 0.25) is 0 Å². The molecule has 7 heteroatoms. The topological polar surface area (TPSA) is 47.0 Å². The molecular weight excluding hydrogens is 247 g/mol. The zero-order valence-electron chi connectivity index (χ0n) is 9.70. The molecule has 1 aromatic rings. The van der Waals surface area contributed by atoms with E-state index in [0.29, 0.717) is 12.6 Å². The molecule has 1 aromatic heterocycles. The van der Waals surface area contributed by atoms with Crippen LogP contribution in [-0.4, -0.2) is 29.0 Å². The van der Waals surface area contributed by atoms with E-state index in [4.69, 9.17) is 4.74 Å². The normalized spacial score (nSPS) is 15.7. The molecule has 0 spiro atoms. The third-order valence-corrected chi connectivity index (χ3v) is 2.48. The van der Waals surface area contributed by atoms with Crippen molar-refractivity contribution in [3.05, 3.63) is 17.8 Å². The number of alkyl halides is 3. The Morgan fingerprint density at radius 1 is 1.28 bits per heavy atom. The van der Waals surface area contributed by atoms with Crippen LogP contribution in [0, 0.1) is 0 Å². The molecule has 0 amide bonds. The summed E-state index contributed by atoms with van der Waals surface area (Å²) in [6.07, 6.45) is -2.82. The Labute approximate surface area is 103 Å². The third kappa shape index (κ3) is 4.87. The monoisotopic (exact) mass is 261 g/mol. The van der Waals surface area contributed by atoms with Gasteiger partial charge in [-0.05, 0) is 18.9 Å². The van der Waals surface area contributed by atoms with E-state index in [-0.39, 0.29) is 5.88 Å². The first kappa shape index (κ1) is 13.1. The van der Waals surface area contributed by atoms with E-state index in [2.05, 4.69) is 15.5 Å². The van der Waals surface area contributed by atoms with E-state index in [0.717, 1.165) is 5.69 Å². The highest BCUT2D eigenvalue weighted by molar-refractivity contribution is 5.11. The molecule has 0 bridgehead atoms. The number of aromatic nitrogens is 2. The molecule has 1 fully saturated rings. The van der Waals surface area contributed by atoms with Crippen molar-refractivity contribution in [1.29, 1.82) is 0 Å². The van der Waals surface area contributed by atoms with E-state index in [1.807, 2.05) is 0 Å². The summed E-state index contributed by atoms with van der Waals surface area (Å²) in [5.74, 6) is 0.120. The van der Waals surface area contributed by atoms with Gasteiger partial charge in [0.1, 0.15) is 0 Å². The summed E-state index contributed by atoms with van der Waals surface area (Å²) in [4.78, 5) is 0. The Balaban J connectivity index is 1.72. The van der Waals surface area contributed by atoms with Crippen molar-refractivity contribution in [3.8, 4) is 5.88 Å². The lowest BCUT2D eigenvalue weighted by molar-refractivity contribution is -0.139. The molecule has 0 unspecified atom stereocenters. The van der Waals surface area contributed by atoms with Gasteiger partial charge in [-0.25, -0.2) is 0 Å². The van der Waals surface area contributed by atoms with E-state index in [9.17, 15) is 13.2 Å². The number of hydrogen-bond acceptors (Lipinski definition) is 4. The van der Waals surface area contributed by atoms with Gasteiger partial charge in [0.05, 0.1) is 18.7 Å². The van der Waals surface area contributed by atoms with Crippen molar-refractivity contribution in [1.82, 2.24) is 15.5 Å². The molecule has 18 heavy (non-hydrogen) atoms. The molecule has 1 N–H and O–H groups in total. The van der Waals surface area contributed by atoms with Gasteiger partial charge in [-0.3, -0.25) is 0 Å². The van der Waals surface area contributed by atoms with Crippen LogP contribution >= 0.6 is 0 Å². The highest BCUT2D eigenvalue weighted by Gasteiger charge is 2.26. The number of ether oxygens (including phenoxy) is 1. The lowest BCUT2D eigenvalue weighted by Crippen LogP contribution is -2.17. The largest absolute Gasteiger partial charge is 0.476 e. The van der Waals surface area contributed by atoms with Gasteiger partial charge in [-0.1, -0.05) is 0 Å². The van der Waals surface area contributed by atoms with Gasteiger partial charge in [0, 0.05) is 18.7 Å². The average Bonchev–Trinajstić information content (AvgIpc) is 3.10. The van der Waals surface area contributed by atoms with Crippen molar-refractivity contribution >= 4 is 0 Å². The molecule has 0 aliphatic heterocycles. The Kier molecular flexibility index (Phi) is 4.00. The first-order valence-electron chi connectivity index (χ1n) is 5.78. The Hall–Kier alpha value is -1.37. The number of nitrogens with zero attached hydrogens (tertiary/aromatic N) is 2. The standard InChI is InChI=1S/C11H14F3N3O/c12-11(13,14)5-6-18-10-4-3-9(16-17-10)7-15-8-1-2-8/h3-4,8,15H,1-2,5-7H2. The fourth-order valence-electron chi connectivity index (χ4n) is 1.33. The summed E-state index contributed by atoms with van der Waals surface area (Å²) in [5.41, 5.74) is 0.755. The maximum Gasteiger partial charge on any atom is 0.392 e. The minimum atomic E-state index is -4.21. The van der Waals surface area contributed by atoms with Gasteiger partial charge in [0.25, 0.3) is 0 Å². The van der Waals surface area contributed by atoms with Crippen LogP contribution in [-0.2, 0) is 6.54 Å². The lowest BCUT2D eigenvalue weighted by atomic mass is 10.4. The van der Waals surface area contributed by atoms with Crippen LogP contribution in [0.15, 0.2) is 12.1 Å². The van der Waals surface area contributed by atoms with Gasteiger partial charge < -0.3 is 10.1 Å². The maximum atomic E-state index is 11.9. The summed E-state index contributed by atoms with van der Waals surface area (Å²) in [6, 6.07) is 3.81. The van der Waals surface area contributed by atoms with Crippen LogP contribution < -0.4 is 10.1 Å². The van der Waals surface area contributed by atoms with E-state index in [1.165, 1.54) is 18.9 Å². The molecule has 1 aliphatic rings. The summed E-state index contributed by atoms with van der Waals surface area (Å²) < 4.78 is 40.5. The number of nitrogens with one attached hydrogen (secondary N) is 1. The fourth-order valence-corrected chi connectivity index (χ4v) is 1.33. The van der Waals surface area contributed by atoms with Crippen LogP contribution in [0.25, 0.3) is 0 Å². The fraction of sp³-hybridized carbons (Fsp3) is 0.636. The summed E-state index contributed by atoms with van der Waals surface area (Å²) >= 11 is 0. The van der Waals surface area contributed by atoms with Crippen molar-refractivity contribution in [2.24, 2.45) is 0 Å². The minimum absolute atomic E-state index is 0.120. The zero-order valence-corrected chi connectivity index (χ0v) is 9.70. The molecule has 2 rings (SSSR count). The SMILES string of the molecule is FC(F)(F)CCOc1ccc(CNC2CC2)nn1. The second-order valence-corrected chi connectivity index (χ2v) is 4.23. The van der Waals surface area contributed by atoms with Crippen LogP contribution in [0.3, 0.4) is 0 Å². The Morgan fingerprint density at radius 3 is 2.61 bits per heavy atom. The molecule has 0 atom stereocenters. The Morgan fingerprint density at radius 2 is 2.06 bits per heavy atom. The number of rotatable bonds is 6. The maximum absolute atomic E-state index is 11.9. The van der Waals surface area contributed by atoms with Gasteiger partial charge in [0.2, 0.25) is 5.88 Å². The molecule has 1 heterocycles. The molecule has 4 nitrogen and oxygen atoms in total. The number of hydrogen-bond donors (Lipinski definition) is 1. The van der Waals surface area contributed by atoms with E-state index < -0.39 is 19.2 Å². The van der Waals surface area contributed by atoms with Gasteiger partial charge in [0.15, 0.2) is 0 Å². The molecule has 0 radical (unpaired) electrons. The molecule has 0 aromatic carbocycles. The highest BCUT2D eigenvalue weighted by Crippen LogP contribution is 2.20. The third-order valence-electron chi connectivity index (χ3n) is 2.48. The predicted octanol–water partition coefficient (Wildman–Crippen LogP) is 2.06. The first-order valence-corrected chi connectivity index (χ1v) is 5.78. The van der Waals surface area contributed by atoms with Crippen LogP contribution in [0.1, 0.15) is 25.0 Å². The van der Waals surface area contributed by atoms with Crippen molar-refractivity contribution in [2.75, 3.05) is 6.61 Å². The molecule has 100 valence electrons. The van der Waals surface area contributed by atoms with Gasteiger partial charge in [-0.2, -0.15) is 18.3 Å². The summed E-state index contributed by atoms with van der Waals surface area (Å²) in [5, 5.41) is 10.9. The quantitative estimate of drug-likeness (QED) is 0.851. The van der Waals surface area contributed by atoms with Crippen LogP contribution in [0.5, 0.6) is 5.88 Å². The average molecular weight is 261 g/mol. The van der Waals surface area contributed by atoms with Gasteiger partial charge in [-0.15, -0.1) is 5.10 Å². The second-order valence-electron chi connectivity index (χ2n) is 4.23.